The molecule has 0 bridgehead atoms. The summed E-state index contributed by atoms with van der Waals surface area (Å²) < 4.78 is 0. The highest BCUT2D eigenvalue weighted by Crippen LogP contribution is 2.16. The first kappa shape index (κ1) is 16.4. The molecule has 112 valence electrons. The van der Waals surface area contributed by atoms with Crippen molar-refractivity contribution in [3.63, 3.8) is 0 Å². The van der Waals surface area contributed by atoms with Gasteiger partial charge in [-0.25, -0.2) is 0 Å². The van der Waals surface area contributed by atoms with Gasteiger partial charge >= 0.3 is 5.97 Å². The molecule has 1 heterocycles. The third-order valence-corrected chi connectivity index (χ3v) is 3.93. The second kappa shape index (κ2) is 8.51. The summed E-state index contributed by atoms with van der Waals surface area (Å²) in [5.41, 5.74) is 0. The molecule has 1 fully saturated rings. The molecule has 1 rings (SSSR count). The van der Waals surface area contributed by atoms with E-state index in [0.29, 0.717) is 6.04 Å². The number of carboxylic acid groups (broad SMARTS) is 1. The van der Waals surface area contributed by atoms with Gasteiger partial charge in [0.25, 0.3) is 0 Å². The van der Waals surface area contributed by atoms with E-state index in [2.05, 4.69) is 21.6 Å². The third-order valence-electron chi connectivity index (χ3n) is 3.93. The topological polar surface area (TPSA) is 47.0 Å². The van der Waals surface area contributed by atoms with E-state index in [9.17, 15) is 4.79 Å². The largest absolute Gasteiger partial charge is 0.480 e. The Kier molecular flexibility index (Phi) is 7.34. The zero-order valence-corrected chi connectivity index (χ0v) is 12.6. The number of nitrogens with zero attached hydrogens (tertiary/aromatic N) is 3. The third kappa shape index (κ3) is 6.36. The Morgan fingerprint density at radius 3 is 2.58 bits per heavy atom. The van der Waals surface area contributed by atoms with Crippen LogP contribution in [0.5, 0.6) is 0 Å². The average molecular weight is 271 g/mol. The maximum absolute atomic E-state index is 11.0. The first-order valence-electron chi connectivity index (χ1n) is 7.35. The Bertz CT molecular complexity index is 271. The molecule has 5 heteroatoms. The van der Waals surface area contributed by atoms with Crippen LogP contribution in [0.4, 0.5) is 0 Å². The Morgan fingerprint density at radius 2 is 2.00 bits per heavy atom. The summed E-state index contributed by atoms with van der Waals surface area (Å²) in [5, 5.41) is 9.08. The van der Waals surface area contributed by atoms with Crippen molar-refractivity contribution in [3.8, 4) is 0 Å². The highest BCUT2D eigenvalue weighted by Gasteiger charge is 2.23. The van der Waals surface area contributed by atoms with Crippen LogP contribution in [-0.4, -0.2) is 85.2 Å². The number of likely N-dealkylation sites (N-methyl/N-ethyl adjacent to an activating group) is 1. The van der Waals surface area contributed by atoms with Crippen molar-refractivity contribution in [2.75, 3.05) is 53.4 Å². The highest BCUT2D eigenvalue weighted by atomic mass is 16.4. The molecular weight excluding hydrogens is 242 g/mol. The van der Waals surface area contributed by atoms with E-state index in [0.717, 1.165) is 45.6 Å². The van der Waals surface area contributed by atoms with E-state index in [1.165, 1.54) is 6.42 Å². The van der Waals surface area contributed by atoms with Crippen LogP contribution in [0.25, 0.3) is 0 Å². The van der Waals surface area contributed by atoms with Crippen LogP contribution in [0.1, 0.15) is 26.2 Å². The smallest absolute Gasteiger partial charge is 0.317 e. The molecule has 1 aliphatic heterocycles. The van der Waals surface area contributed by atoms with Gasteiger partial charge in [0, 0.05) is 19.1 Å². The van der Waals surface area contributed by atoms with Gasteiger partial charge in [0.1, 0.15) is 0 Å². The van der Waals surface area contributed by atoms with Gasteiger partial charge in [0.15, 0.2) is 0 Å². The van der Waals surface area contributed by atoms with Crippen molar-refractivity contribution < 1.29 is 9.90 Å². The molecule has 0 aliphatic carbocycles. The molecular formula is C14H29N3O2. The van der Waals surface area contributed by atoms with E-state index in [-0.39, 0.29) is 6.54 Å². The normalized spacial score (nSPS) is 21.8. The van der Waals surface area contributed by atoms with E-state index in [1.54, 1.807) is 0 Å². The van der Waals surface area contributed by atoms with E-state index in [1.807, 2.05) is 14.1 Å². The maximum atomic E-state index is 11.0. The fourth-order valence-corrected chi connectivity index (χ4v) is 2.71. The first-order chi connectivity index (χ1) is 9.02. The lowest BCUT2D eigenvalue weighted by molar-refractivity contribution is -0.139. The van der Waals surface area contributed by atoms with Crippen molar-refractivity contribution in [2.24, 2.45) is 0 Å². The van der Waals surface area contributed by atoms with Gasteiger partial charge in [-0.15, -0.1) is 0 Å². The van der Waals surface area contributed by atoms with Crippen LogP contribution in [-0.2, 0) is 4.79 Å². The lowest BCUT2D eigenvalue weighted by Crippen LogP contribution is -2.43. The van der Waals surface area contributed by atoms with Crippen LogP contribution >= 0.6 is 0 Å². The first-order valence-corrected chi connectivity index (χ1v) is 7.35. The van der Waals surface area contributed by atoms with Gasteiger partial charge in [0.2, 0.25) is 0 Å². The maximum Gasteiger partial charge on any atom is 0.317 e. The number of hydrogen-bond donors (Lipinski definition) is 1. The molecule has 0 radical (unpaired) electrons. The van der Waals surface area contributed by atoms with Crippen molar-refractivity contribution in [2.45, 2.75) is 32.2 Å². The predicted molar refractivity (Wildman–Crippen MR) is 77.5 cm³/mol. The summed E-state index contributed by atoms with van der Waals surface area (Å²) in [6.07, 6.45) is 3.39. The van der Waals surface area contributed by atoms with Crippen molar-refractivity contribution in [1.82, 2.24) is 14.7 Å². The lowest BCUT2D eigenvalue weighted by Gasteiger charge is -2.30. The second-order valence-corrected chi connectivity index (χ2v) is 5.69. The van der Waals surface area contributed by atoms with Crippen molar-refractivity contribution in [3.05, 3.63) is 0 Å². The average Bonchev–Trinajstić information content (AvgIpc) is 2.59. The number of likely N-dealkylation sites (tertiary alicyclic amines) is 1. The monoisotopic (exact) mass is 271 g/mol. The summed E-state index contributed by atoms with van der Waals surface area (Å²) in [6, 6.07) is 0.424. The van der Waals surface area contributed by atoms with Crippen LogP contribution in [0.3, 0.4) is 0 Å². The Hall–Kier alpha value is -0.650. The van der Waals surface area contributed by atoms with Gasteiger partial charge in [-0.05, 0) is 53.0 Å². The number of carboxylic acids is 1. The molecule has 1 saturated heterocycles. The van der Waals surface area contributed by atoms with Gasteiger partial charge < -0.3 is 14.9 Å². The summed E-state index contributed by atoms with van der Waals surface area (Å²) in [6.45, 7) is 7.48. The van der Waals surface area contributed by atoms with Gasteiger partial charge in [-0.2, -0.15) is 0 Å². The molecule has 0 aromatic carbocycles. The minimum atomic E-state index is -0.713. The van der Waals surface area contributed by atoms with Crippen molar-refractivity contribution >= 4 is 5.97 Å². The minimum Gasteiger partial charge on any atom is -0.480 e. The number of carbonyl (C=O) groups is 1. The molecule has 0 spiro atoms. The summed E-state index contributed by atoms with van der Waals surface area (Å²) >= 11 is 0. The zero-order chi connectivity index (χ0) is 14.3. The fraction of sp³-hybridized carbons (Fsp3) is 0.929. The van der Waals surface area contributed by atoms with Gasteiger partial charge in [-0.1, -0.05) is 6.92 Å². The molecule has 1 atom stereocenters. The SMILES string of the molecule is CCN1CCCC(N(CCN(C)C)CC(=O)O)CC1. The molecule has 19 heavy (non-hydrogen) atoms. The standard InChI is InChI=1S/C14H29N3O2/c1-4-16-8-5-6-13(7-9-16)17(12-14(18)19)11-10-15(2)3/h13H,4-12H2,1-3H3,(H,18,19). The molecule has 1 unspecified atom stereocenters. The molecule has 0 amide bonds. The summed E-state index contributed by atoms with van der Waals surface area (Å²) in [4.78, 5) is 17.8. The fourth-order valence-electron chi connectivity index (χ4n) is 2.71. The molecule has 0 saturated carbocycles. The van der Waals surface area contributed by atoms with Gasteiger partial charge in [0.05, 0.1) is 6.54 Å². The molecule has 1 aliphatic rings. The summed E-state index contributed by atoms with van der Waals surface area (Å²) in [7, 11) is 4.07. The lowest BCUT2D eigenvalue weighted by atomic mass is 10.1. The van der Waals surface area contributed by atoms with Crippen LogP contribution < -0.4 is 0 Å². The second-order valence-electron chi connectivity index (χ2n) is 5.69. The number of rotatable bonds is 7. The Balaban J connectivity index is 2.54. The summed E-state index contributed by atoms with van der Waals surface area (Å²) in [5.74, 6) is -0.713. The molecule has 0 aromatic rings. The van der Waals surface area contributed by atoms with E-state index in [4.69, 9.17) is 5.11 Å². The van der Waals surface area contributed by atoms with Gasteiger partial charge in [-0.3, -0.25) is 9.69 Å². The minimum absolute atomic E-state index is 0.171. The number of aliphatic carboxylic acids is 1. The Labute approximate surface area is 117 Å². The highest BCUT2D eigenvalue weighted by molar-refractivity contribution is 5.69. The molecule has 1 N–H and O–H groups in total. The zero-order valence-electron chi connectivity index (χ0n) is 12.6. The molecule has 5 nitrogen and oxygen atoms in total. The molecule has 0 aromatic heterocycles. The quantitative estimate of drug-likeness (QED) is 0.742. The Morgan fingerprint density at radius 1 is 1.26 bits per heavy atom. The van der Waals surface area contributed by atoms with E-state index >= 15 is 0 Å². The predicted octanol–water partition coefficient (Wildman–Crippen LogP) is 0.809. The van der Waals surface area contributed by atoms with Crippen LogP contribution in [0.15, 0.2) is 0 Å². The van der Waals surface area contributed by atoms with Crippen LogP contribution in [0, 0.1) is 0 Å². The van der Waals surface area contributed by atoms with Crippen LogP contribution in [0.2, 0.25) is 0 Å². The van der Waals surface area contributed by atoms with Crippen molar-refractivity contribution in [1.29, 1.82) is 0 Å². The number of hydrogen-bond acceptors (Lipinski definition) is 4. The van der Waals surface area contributed by atoms with E-state index < -0.39 is 5.97 Å².